The van der Waals surface area contributed by atoms with E-state index in [0.29, 0.717) is 31.0 Å². The maximum atomic E-state index is 13.0. The number of aromatic nitrogens is 1. The minimum absolute atomic E-state index is 0.0971. The Morgan fingerprint density at radius 2 is 1.87 bits per heavy atom. The summed E-state index contributed by atoms with van der Waals surface area (Å²) in [6.07, 6.45) is 2.37. The van der Waals surface area contributed by atoms with Crippen LogP contribution in [-0.4, -0.2) is 45.3 Å². The molecule has 0 radical (unpaired) electrons. The van der Waals surface area contributed by atoms with E-state index in [-0.39, 0.29) is 11.2 Å². The largest absolute Gasteiger partial charge is 0.444 e. The van der Waals surface area contributed by atoms with Gasteiger partial charge in [0.15, 0.2) is 0 Å². The Morgan fingerprint density at radius 3 is 2.55 bits per heavy atom. The molecular formula is C23H29N3O4S. The molecule has 1 aromatic heterocycles. The summed E-state index contributed by atoms with van der Waals surface area (Å²) in [7, 11) is 0. The van der Waals surface area contributed by atoms with E-state index in [1.54, 1.807) is 18.3 Å². The van der Waals surface area contributed by atoms with E-state index in [9.17, 15) is 9.59 Å². The number of carbonyl (C=O) groups excluding carboxylic acids is 2. The van der Waals surface area contributed by atoms with Crippen LogP contribution in [0, 0.1) is 0 Å². The van der Waals surface area contributed by atoms with Gasteiger partial charge in [0, 0.05) is 12.7 Å². The van der Waals surface area contributed by atoms with Crippen LogP contribution >= 0.6 is 11.8 Å². The molecule has 1 N–H and O–H groups in total. The van der Waals surface area contributed by atoms with Crippen molar-refractivity contribution in [1.29, 1.82) is 0 Å². The van der Waals surface area contributed by atoms with Crippen LogP contribution in [0.5, 0.6) is 0 Å². The summed E-state index contributed by atoms with van der Waals surface area (Å²) >= 11 is 1.05. The van der Waals surface area contributed by atoms with Crippen LogP contribution in [0.25, 0.3) is 0 Å². The van der Waals surface area contributed by atoms with Crippen molar-refractivity contribution in [2.24, 2.45) is 0 Å². The highest BCUT2D eigenvalue weighted by atomic mass is 32.2. The molecule has 1 aliphatic rings. The first-order chi connectivity index (χ1) is 14.8. The van der Waals surface area contributed by atoms with Gasteiger partial charge in [-0.25, -0.2) is 9.78 Å². The Balaban J connectivity index is 1.63. The zero-order chi connectivity index (χ0) is 22.3. The fraction of sp³-hybridized carbons (Fsp3) is 0.435. The summed E-state index contributed by atoms with van der Waals surface area (Å²) in [4.78, 5) is 37.2. The molecule has 0 aliphatic carbocycles. The Kier molecular flexibility index (Phi) is 8.06. The van der Waals surface area contributed by atoms with E-state index >= 15 is 0 Å². The van der Waals surface area contributed by atoms with E-state index in [1.807, 2.05) is 57.2 Å². The monoisotopic (exact) mass is 443 g/mol. The average Bonchev–Trinajstić information content (AvgIpc) is 2.74. The molecule has 1 amide bonds. The molecule has 1 aromatic carbocycles. The predicted octanol–water partition coefficient (Wildman–Crippen LogP) is 4.19. The number of likely N-dealkylation sites (tertiary alicyclic amines) is 1. The number of nitrogens with zero attached hydrogens (tertiary/aromatic N) is 2. The summed E-state index contributed by atoms with van der Waals surface area (Å²) in [5.41, 5.74) is 3.45. The van der Waals surface area contributed by atoms with E-state index in [0.717, 1.165) is 17.3 Å². The molecule has 2 aromatic rings. The number of rotatable bonds is 6. The molecular weight excluding hydrogens is 414 g/mol. The SMILES string of the molecule is CC(C)(C)OC(=O)N1C[C@H](NOCc2ccccc2)CC[C@H]1C(=O)Sc1ccccn1. The van der Waals surface area contributed by atoms with Gasteiger partial charge in [0.05, 0.1) is 12.6 Å². The Hall–Kier alpha value is -2.42. The topological polar surface area (TPSA) is 80.8 Å². The second-order valence-electron chi connectivity index (χ2n) is 8.40. The number of amides is 1. The van der Waals surface area contributed by atoms with Gasteiger partial charge >= 0.3 is 6.09 Å². The number of nitrogens with one attached hydrogen (secondary N) is 1. The lowest BCUT2D eigenvalue weighted by molar-refractivity contribution is -0.118. The van der Waals surface area contributed by atoms with E-state index in [1.165, 1.54) is 4.90 Å². The second kappa shape index (κ2) is 10.7. The number of piperidine rings is 1. The van der Waals surface area contributed by atoms with Crippen molar-refractivity contribution in [3.63, 3.8) is 0 Å². The fourth-order valence-corrected chi connectivity index (χ4v) is 4.08. The molecule has 3 rings (SSSR count). The molecule has 0 spiro atoms. The van der Waals surface area contributed by atoms with Gasteiger partial charge in [-0.2, -0.15) is 5.48 Å². The van der Waals surface area contributed by atoms with Crippen LogP contribution in [0.4, 0.5) is 4.79 Å². The van der Waals surface area contributed by atoms with Crippen molar-refractivity contribution < 1.29 is 19.2 Å². The predicted molar refractivity (Wildman–Crippen MR) is 119 cm³/mol. The van der Waals surface area contributed by atoms with Crippen LogP contribution in [-0.2, 0) is 21.0 Å². The van der Waals surface area contributed by atoms with Gasteiger partial charge in [-0.3, -0.25) is 14.5 Å². The quantitative estimate of drug-likeness (QED) is 0.530. The maximum absolute atomic E-state index is 13.0. The van der Waals surface area contributed by atoms with E-state index < -0.39 is 17.7 Å². The fourth-order valence-electron chi connectivity index (χ4n) is 3.23. The number of hydroxylamine groups is 1. The number of thioether (sulfide) groups is 1. The number of ether oxygens (including phenoxy) is 1. The summed E-state index contributed by atoms with van der Waals surface area (Å²) in [6, 6.07) is 14.6. The molecule has 0 unspecified atom stereocenters. The van der Waals surface area contributed by atoms with Crippen LogP contribution in [0.3, 0.4) is 0 Å². The molecule has 2 heterocycles. The molecule has 1 fully saturated rings. The van der Waals surface area contributed by atoms with Crippen molar-refractivity contribution in [1.82, 2.24) is 15.4 Å². The zero-order valence-corrected chi connectivity index (χ0v) is 18.9. The van der Waals surface area contributed by atoms with Crippen LogP contribution in [0.1, 0.15) is 39.2 Å². The standard InChI is InChI=1S/C23H29N3O4S/c1-23(2,3)30-22(28)26-15-18(25-29-16-17-9-5-4-6-10-17)12-13-19(26)21(27)31-20-11-7-8-14-24-20/h4-11,14,18-19,25H,12-13,15-16H2,1-3H3/t18-,19+/m1/s1. The minimum Gasteiger partial charge on any atom is -0.444 e. The van der Waals surface area contributed by atoms with Crippen LogP contribution in [0.2, 0.25) is 0 Å². The van der Waals surface area contributed by atoms with Gasteiger partial charge in [0.1, 0.15) is 16.7 Å². The first-order valence-corrected chi connectivity index (χ1v) is 11.2. The highest BCUT2D eigenvalue weighted by molar-refractivity contribution is 8.13. The number of hydrogen-bond acceptors (Lipinski definition) is 7. The van der Waals surface area contributed by atoms with Gasteiger partial charge in [0.25, 0.3) is 0 Å². The van der Waals surface area contributed by atoms with Crippen molar-refractivity contribution in [2.75, 3.05) is 6.54 Å². The maximum Gasteiger partial charge on any atom is 0.410 e. The zero-order valence-electron chi connectivity index (χ0n) is 18.1. The summed E-state index contributed by atoms with van der Waals surface area (Å²) in [6.45, 7) is 6.18. The summed E-state index contributed by atoms with van der Waals surface area (Å²) < 4.78 is 5.57. The van der Waals surface area contributed by atoms with Gasteiger partial charge in [-0.1, -0.05) is 36.4 Å². The molecule has 166 valence electrons. The smallest absolute Gasteiger partial charge is 0.410 e. The first kappa shape index (κ1) is 23.2. The molecule has 2 atom stereocenters. The normalized spacial score (nSPS) is 19.1. The van der Waals surface area contributed by atoms with E-state index in [2.05, 4.69) is 10.5 Å². The first-order valence-electron chi connectivity index (χ1n) is 10.4. The summed E-state index contributed by atoms with van der Waals surface area (Å²) in [5.74, 6) is 0. The van der Waals surface area contributed by atoms with Gasteiger partial charge in [-0.05, 0) is 63.1 Å². The van der Waals surface area contributed by atoms with Gasteiger partial charge < -0.3 is 4.74 Å². The third-order valence-corrected chi connectivity index (χ3v) is 5.58. The van der Waals surface area contributed by atoms with Gasteiger partial charge in [0.2, 0.25) is 5.12 Å². The highest BCUT2D eigenvalue weighted by Gasteiger charge is 2.38. The second-order valence-corrected chi connectivity index (χ2v) is 9.43. The third kappa shape index (κ3) is 7.34. The van der Waals surface area contributed by atoms with E-state index in [4.69, 9.17) is 9.57 Å². The van der Waals surface area contributed by atoms with Crippen molar-refractivity contribution >= 4 is 23.0 Å². The highest BCUT2D eigenvalue weighted by Crippen LogP contribution is 2.27. The molecule has 1 aliphatic heterocycles. The number of benzene rings is 1. The molecule has 31 heavy (non-hydrogen) atoms. The lowest BCUT2D eigenvalue weighted by Gasteiger charge is -2.39. The van der Waals surface area contributed by atoms with Crippen molar-refractivity contribution in [3.05, 3.63) is 60.3 Å². The lowest BCUT2D eigenvalue weighted by Crippen LogP contribution is -2.55. The molecule has 8 heteroatoms. The van der Waals surface area contributed by atoms with Crippen molar-refractivity contribution in [3.8, 4) is 0 Å². The van der Waals surface area contributed by atoms with Gasteiger partial charge in [-0.15, -0.1) is 0 Å². The van der Waals surface area contributed by atoms with Crippen molar-refractivity contribution in [2.45, 2.75) is 62.9 Å². The molecule has 1 saturated heterocycles. The minimum atomic E-state index is -0.650. The third-order valence-electron chi connectivity index (χ3n) is 4.66. The molecule has 7 nitrogen and oxygen atoms in total. The lowest BCUT2D eigenvalue weighted by atomic mass is 10.00. The Morgan fingerprint density at radius 1 is 1.13 bits per heavy atom. The summed E-state index contributed by atoms with van der Waals surface area (Å²) in [5, 5.41) is 0.497. The number of carbonyl (C=O) groups is 2. The number of pyridine rings is 1. The van der Waals surface area contributed by atoms with Crippen LogP contribution in [0.15, 0.2) is 59.8 Å². The Bertz CT molecular complexity index is 858. The Labute approximate surface area is 187 Å². The molecule has 0 bridgehead atoms. The molecule has 0 saturated carbocycles. The average molecular weight is 444 g/mol. The number of hydrogen-bond donors (Lipinski definition) is 1. The van der Waals surface area contributed by atoms with Crippen LogP contribution < -0.4 is 5.48 Å².